The van der Waals surface area contributed by atoms with Gasteiger partial charge in [0.15, 0.2) is 0 Å². The molecule has 1 heterocycles. The van der Waals surface area contributed by atoms with Crippen LogP contribution in [0.2, 0.25) is 0 Å². The summed E-state index contributed by atoms with van der Waals surface area (Å²) in [5.41, 5.74) is 9.51. The van der Waals surface area contributed by atoms with E-state index in [9.17, 15) is 4.79 Å². The molecule has 0 saturated carbocycles. The monoisotopic (exact) mass is 269 g/mol. The molecule has 0 saturated heterocycles. The number of hydrogen-bond acceptors (Lipinski definition) is 3. The third-order valence-corrected chi connectivity index (χ3v) is 3.22. The van der Waals surface area contributed by atoms with Crippen LogP contribution in [0.3, 0.4) is 0 Å². The molecule has 4 heteroatoms. The highest BCUT2D eigenvalue weighted by molar-refractivity contribution is 6.06. The number of pyridine rings is 1. The van der Waals surface area contributed by atoms with Crippen LogP contribution in [0, 0.1) is 13.8 Å². The number of carbonyl (C=O) groups excluding carboxylic acids is 1. The van der Waals surface area contributed by atoms with E-state index >= 15 is 0 Å². The van der Waals surface area contributed by atoms with Crippen molar-refractivity contribution in [2.45, 2.75) is 20.8 Å². The van der Waals surface area contributed by atoms with Gasteiger partial charge in [-0.15, -0.1) is 0 Å². The van der Waals surface area contributed by atoms with Gasteiger partial charge in [-0.05, 0) is 57.2 Å². The van der Waals surface area contributed by atoms with Gasteiger partial charge in [0.2, 0.25) is 0 Å². The van der Waals surface area contributed by atoms with Crippen LogP contribution < -0.4 is 10.6 Å². The molecule has 0 spiro atoms. The molecule has 1 amide bonds. The first kappa shape index (κ1) is 14.1. The van der Waals surface area contributed by atoms with Crippen LogP contribution in [0.25, 0.3) is 0 Å². The maximum atomic E-state index is 12.6. The molecule has 0 aliphatic heterocycles. The number of anilines is 2. The van der Waals surface area contributed by atoms with Crippen molar-refractivity contribution < 1.29 is 4.79 Å². The number of carbonyl (C=O) groups is 1. The Morgan fingerprint density at radius 2 is 1.80 bits per heavy atom. The minimum Gasteiger partial charge on any atom is -0.399 e. The lowest BCUT2D eigenvalue weighted by atomic mass is 10.1. The molecular weight excluding hydrogens is 250 g/mol. The Bertz CT molecular complexity index is 620. The molecule has 1 aromatic heterocycles. The number of benzene rings is 1. The molecule has 2 aromatic rings. The number of nitrogens with zero attached hydrogens (tertiary/aromatic N) is 2. The lowest BCUT2D eigenvalue weighted by molar-refractivity contribution is 0.0987. The summed E-state index contributed by atoms with van der Waals surface area (Å²) in [6.45, 7) is 6.32. The van der Waals surface area contributed by atoms with Crippen molar-refractivity contribution >= 4 is 17.3 Å². The summed E-state index contributed by atoms with van der Waals surface area (Å²) < 4.78 is 0. The van der Waals surface area contributed by atoms with Crippen molar-refractivity contribution in [2.75, 3.05) is 17.2 Å². The number of nitrogen functional groups attached to an aromatic ring is 1. The Labute approximate surface area is 119 Å². The summed E-state index contributed by atoms with van der Waals surface area (Å²) in [7, 11) is 0. The van der Waals surface area contributed by atoms with E-state index < -0.39 is 0 Å². The zero-order valence-electron chi connectivity index (χ0n) is 12.1. The van der Waals surface area contributed by atoms with Gasteiger partial charge in [-0.1, -0.05) is 0 Å². The zero-order valence-corrected chi connectivity index (χ0v) is 12.1. The van der Waals surface area contributed by atoms with Crippen molar-refractivity contribution in [2.24, 2.45) is 0 Å². The molecule has 2 rings (SSSR count). The lowest BCUT2D eigenvalue weighted by Crippen LogP contribution is -2.31. The van der Waals surface area contributed by atoms with Crippen LogP contribution >= 0.6 is 0 Å². The van der Waals surface area contributed by atoms with Crippen molar-refractivity contribution in [1.29, 1.82) is 0 Å². The van der Waals surface area contributed by atoms with E-state index in [-0.39, 0.29) is 5.91 Å². The number of hydrogen-bond donors (Lipinski definition) is 1. The standard InChI is InChI=1S/C16H19N3O/c1-4-19(14-8-6-13(17)7-9-14)16(20)15-10-5-11(2)18-12(15)3/h5-10H,4,17H2,1-3H3. The smallest absolute Gasteiger partial charge is 0.260 e. The molecular formula is C16H19N3O. The predicted octanol–water partition coefficient (Wildman–Crippen LogP) is 2.95. The first-order chi connectivity index (χ1) is 9.52. The molecule has 4 nitrogen and oxygen atoms in total. The van der Waals surface area contributed by atoms with Gasteiger partial charge in [0.05, 0.1) is 11.3 Å². The third-order valence-electron chi connectivity index (χ3n) is 3.22. The van der Waals surface area contributed by atoms with E-state index in [1.54, 1.807) is 17.0 Å². The molecule has 0 aliphatic rings. The Hall–Kier alpha value is -2.36. The van der Waals surface area contributed by atoms with Crippen LogP contribution in [0.1, 0.15) is 28.7 Å². The molecule has 104 valence electrons. The fourth-order valence-electron chi connectivity index (χ4n) is 2.16. The molecule has 2 N–H and O–H groups in total. The van der Waals surface area contributed by atoms with E-state index in [0.717, 1.165) is 17.1 Å². The minimum absolute atomic E-state index is 0.0396. The quantitative estimate of drug-likeness (QED) is 0.871. The Kier molecular flexibility index (Phi) is 4.03. The van der Waals surface area contributed by atoms with Crippen molar-refractivity contribution in [3.8, 4) is 0 Å². The summed E-state index contributed by atoms with van der Waals surface area (Å²) in [5.74, 6) is -0.0396. The lowest BCUT2D eigenvalue weighted by Gasteiger charge is -2.22. The van der Waals surface area contributed by atoms with Gasteiger partial charge >= 0.3 is 0 Å². The van der Waals surface area contributed by atoms with Gasteiger partial charge in [0, 0.05) is 23.6 Å². The fourth-order valence-corrected chi connectivity index (χ4v) is 2.16. The number of aromatic nitrogens is 1. The minimum atomic E-state index is -0.0396. The van der Waals surface area contributed by atoms with Crippen LogP contribution in [-0.4, -0.2) is 17.4 Å². The Morgan fingerprint density at radius 1 is 1.15 bits per heavy atom. The fraction of sp³-hybridized carbons (Fsp3) is 0.250. The van der Waals surface area contributed by atoms with E-state index in [2.05, 4.69) is 4.98 Å². The molecule has 1 aromatic carbocycles. The first-order valence-electron chi connectivity index (χ1n) is 6.64. The summed E-state index contributed by atoms with van der Waals surface area (Å²) in [4.78, 5) is 18.7. The Balaban J connectivity index is 2.36. The Morgan fingerprint density at radius 3 is 2.35 bits per heavy atom. The molecule has 0 unspecified atom stereocenters. The van der Waals surface area contributed by atoms with E-state index in [1.807, 2.05) is 45.0 Å². The van der Waals surface area contributed by atoms with Crippen LogP contribution in [0.15, 0.2) is 36.4 Å². The maximum Gasteiger partial charge on any atom is 0.260 e. The molecule has 0 aliphatic carbocycles. The van der Waals surface area contributed by atoms with Crippen molar-refractivity contribution in [3.63, 3.8) is 0 Å². The maximum absolute atomic E-state index is 12.6. The second-order valence-corrected chi connectivity index (χ2v) is 4.73. The van der Waals surface area contributed by atoms with Crippen molar-refractivity contribution in [3.05, 3.63) is 53.3 Å². The van der Waals surface area contributed by atoms with Gasteiger partial charge < -0.3 is 10.6 Å². The zero-order chi connectivity index (χ0) is 14.7. The molecule has 0 atom stereocenters. The molecule has 0 bridgehead atoms. The summed E-state index contributed by atoms with van der Waals surface area (Å²) in [6, 6.07) is 11.0. The average Bonchev–Trinajstić information content (AvgIpc) is 2.41. The van der Waals surface area contributed by atoms with E-state index in [1.165, 1.54) is 0 Å². The van der Waals surface area contributed by atoms with Gasteiger partial charge in [-0.25, -0.2) is 0 Å². The van der Waals surface area contributed by atoms with Gasteiger partial charge in [-0.3, -0.25) is 9.78 Å². The van der Waals surface area contributed by atoms with Gasteiger partial charge in [0.25, 0.3) is 5.91 Å². The van der Waals surface area contributed by atoms with E-state index in [0.29, 0.717) is 17.8 Å². The normalized spacial score (nSPS) is 10.3. The predicted molar refractivity (Wildman–Crippen MR) is 81.9 cm³/mol. The second-order valence-electron chi connectivity index (χ2n) is 4.73. The topological polar surface area (TPSA) is 59.2 Å². The number of nitrogens with two attached hydrogens (primary N) is 1. The highest BCUT2D eigenvalue weighted by Crippen LogP contribution is 2.20. The largest absolute Gasteiger partial charge is 0.399 e. The molecule has 0 radical (unpaired) electrons. The average molecular weight is 269 g/mol. The summed E-state index contributed by atoms with van der Waals surface area (Å²) in [6.07, 6.45) is 0. The van der Waals surface area contributed by atoms with E-state index in [4.69, 9.17) is 5.73 Å². The number of aryl methyl sites for hydroxylation is 2. The molecule has 0 fully saturated rings. The summed E-state index contributed by atoms with van der Waals surface area (Å²) >= 11 is 0. The number of rotatable bonds is 3. The highest BCUT2D eigenvalue weighted by atomic mass is 16.2. The second kappa shape index (κ2) is 5.74. The summed E-state index contributed by atoms with van der Waals surface area (Å²) in [5, 5.41) is 0. The van der Waals surface area contributed by atoms with Crippen LogP contribution in [0.4, 0.5) is 11.4 Å². The van der Waals surface area contributed by atoms with Gasteiger partial charge in [0.1, 0.15) is 0 Å². The first-order valence-corrected chi connectivity index (χ1v) is 6.64. The SMILES string of the molecule is CCN(C(=O)c1ccc(C)nc1C)c1ccc(N)cc1. The highest BCUT2D eigenvalue weighted by Gasteiger charge is 2.18. The third kappa shape index (κ3) is 2.79. The number of amides is 1. The van der Waals surface area contributed by atoms with Crippen LogP contribution in [0.5, 0.6) is 0 Å². The molecule has 20 heavy (non-hydrogen) atoms. The van der Waals surface area contributed by atoms with Gasteiger partial charge in [-0.2, -0.15) is 0 Å². The van der Waals surface area contributed by atoms with Crippen LogP contribution in [-0.2, 0) is 0 Å². The van der Waals surface area contributed by atoms with Crippen molar-refractivity contribution in [1.82, 2.24) is 4.98 Å².